The van der Waals surface area contributed by atoms with Gasteiger partial charge in [-0.05, 0) is 39.3 Å². The largest absolute Gasteiger partial charge is 0.316 e. The van der Waals surface area contributed by atoms with Gasteiger partial charge in [-0.2, -0.15) is 6.42 Å². The van der Waals surface area contributed by atoms with E-state index in [1.807, 2.05) is 0 Å². The smallest absolute Gasteiger partial charge is 0.0144 e. The van der Waals surface area contributed by atoms with E-state index in [0.717, 1.165) is 6.42 Å². The van der Waals surface area contributed by atoms with Gasteiger partial charge in [0.1, 0.15) is 0 Å². The van der Waals surface area contributed by atoms with Gasteiger partial charge in [-0.15, -0.1) is 5.92 Å². The van der Waals surface area contributed by atoms with Crippen LogP contribution in [0.15, 0.2) is 97.1 Å². The fraction of sp³-hybridized carbons (Fsp3) is 0.107. The molecule has 0 spiro atoms. The summed E-state index contributed by atoms with van der Waals surface area (Å²) in [5.74, 6) is 0.833. The van der Waals surface area contributed by atoms with Crippen LogP contribution in [0.3, 0.4) is 0 Å². The zero-order chi connectivity index (χ0) is 21.2. The Morgan fingerprint density at radius 2 is 0.871 bits per heavy atom. The average molecular weight is 520 g/mol. The van der Waals surface area contributed by atoms with Crippen LogP contribution < -0.4 is 0 Å². The monoisotopic (exact) mass is 517 g/mol. The van der Waals surface area contributed by atoms with Crippen LogP contribution in [-0.4, -0.2) is 0 Å². The molecule has 0 aliphatic heterocycles. The summed E-state index contributed by atoms with van der Waals surface area (Å²) < 4.78 is 0. The molecule has 0 nitrogen and oxygen atoms in total. The van der Waals surface area contributed by atoms with Gasteiger partial charge in [0.15, 0.2) is 0 Å². The van der Waals surface area contributed by atoms with Crippen molar-refractivity contribution in [2.45, 2.75) is 18.3 Å². The molecule has 6 rings (SSSR count). The summed E-state index contributed by atoms with van der Waals surface area (Å²) in [4.78, 5) is 0. The molecule has 0 N–H and O–H groups in total. The van der Waals surface area contributed by atoms with Crippen LogP contribution in [0.1, 0.15) is 40.5 Å². The van der Waals surface area contributed by atoms with Crippen LogP contribution in [-0.2, 0) is 20.8 Å². The number of rotatable bonds is 3. The second-order valence-electron chi connectivity index (χ2n) is 7.92. The van der Waals surface area contributed by atoms with Crippen LogP contribution in [0.25, 0.3) is 22.3 Å². The van der Waals surface area contributed by atoms with Gasteiger partial charge in [0, 0.05) is 0 Å². The molecule has 0 unspecified atom stereocenters. The quantitative estimate of drug-likeness (QED) is 0.238. The molecular weight excluding hydrogens is 498 g/mol. The first-order valence-electron chi connectivity index (χ1n) is 10.5. The summed E-state index contributed by atoms with van der Waals surface area (Å²) in [5, 5.41) is 0. The third-order valence-corrected chi connectivity index (χ3v) is 6.45. The number of hydrogen-bond donors (Lipinski definition) is 0. The second kappa shape index (κ2) is 9.45. The van der Waals surface area contributed by atoms with Crippen molar-refractivity contribution in [3.8, 4) is 22.3 Å². The summed E-state index contributed by atoms with van der Waals surface area (Å²) in [5.41, 5.74) is 11.4. The minimum absolute atomic E-state index is 0.382. The summed E-state index contributed by atoms with van der Waals surface area (Å²) in [7, 11) is 9.87. The molecule has 0 heterocycles. The predicted octanol–water partition coefficient (Wildman–Crippen LogP) is 8.58. The molecule has 0 fully saturated rings. The normalized spacial score (nSPS) is 13.5. The maximum absolute atomic E-state index is 4.93. The maximum Gasteiger partial charge on any atom is -0.0144 e. The molecule has 0 saturated heterocycles. The van der Waals surface area contributed by atoms with Gasteiger partial charge in [0.05, 0.1) is 0 Å². The van der Waals surface area contributed by atoms with Gasteiger partial charge in [0.2, 0.25) is 0 Å². The van der Waals surface area contributed by atoms with Crippen molar-refractivity contribution >= 4 is 17.0 Å². The van der Waals surface area contributed by atoms with Gasteiger partial charge < -0.3 is 6.42 Å². The molecule has 3 heteroatoms. The number of fused-ring (bicyclic) bond motifs is 6. The Morgan fingerprint density at radius 3 is 1.29 bits per heavy atom. The molecule has 152 valence electrons. The predicted molar refractivity (Wildman–Crippen MR) is 128 cm³/mol. The van der Waals surface area contributed by atoms with Crippen molar-refractivity contribution in [1.82, 2.24) is 0 Å². The molecule has 0 radical (unpaired) electrons. The Morgan fingerprint density at radius 1 is 0.548 bits per heavy atom. The summed E-state index contributed by atoms with van der Waals surface area (Å²) in [6.07, 6.45) is 3.61. The molecule has 0 amide bonds. The molecule has 4 aromatic carbocycles. The fourth-order valence-corrected chi connectivity index (χ4v) is 5.23. The van der Waals surface area contributed by atoms with Crippen LogP contribution in [0.4, 0.5) is 0 Å². The molecule has 4 aromatic rings. The van der Waals surface area contributed by atoms with E-state index in [1.165, 1.54) is 44.5 Å². The average Bonchev–Trinajstić information content (AvgIpc) is 3.31. The molecule has 2 aliphatic carbocycles. The van der Waals surface area contributed by atoms with E-state index in [9.17, 15) is 0 Å². The van der Waals surface area contributed by atoms with Crippen LogP contribution >= 0.6 is 17.0 Å². The third-order valence-electron chi connectivity index (χ3n) is 6.45. The van der Waals surface area contributed by atoms with Crippen molar-refractivity contribution in [3.63, 3.8) is 0 Å². The Hall–Kier alpha value is -1.66. The first-order valence-corrected chi connectivity index (χ1v) is 16.8. The van der Waals surface area contributed by atoms with E-state index in [2.05, 4.69) is 103 Å². The van der Waals surface area contributed by atoms with Gasteiger partial charge in [-0.3, -0.25) is 0 Å². The van der Waals surface area contributed by atoms with Crippen molar-refractivity contribution in [2.75, 3.05) is 0 Å². The van der Waals surface area contributed by atoms with Gasteiger partial charge in [-0.1, -0.05) is 108 Å². The minimum Gasteiger partial charge on any atom is -0.316 e. The number of benzene rings is 4. The van der Waals surface area contributed by atoms with Crippen molar-refractivity contribution in [1.29, 1.82) is 0 Å². The SMILES string of the molecule is [Cl][Zr][Cl].c1ccc2c(c1)-c1ccccc1C2[CH-]CC1c2ccccc2-c2ccccc21. The molecule has 31 heavy (non-hydrogen) atoms. The molecule has 2 aliphatic rings. The van der Waals surface area contributed by atoms with E-state index in [1.54, 1.807) is 0 Å². The Balaban J connectivity index is 0.000000646. The standard InChI is InChI=1S/C28H21.2ClH.Zr/c1-5-13-23-19(9-1)20-10-2-6-14-24(20)27(23)17-18-28-25-15-7-3-11-21(25)22-12-4-8-16-26(22)28;;;/h1-17,27-28H,18H2;2*1H;/q-1;;;+2/p-2. The first kappa shape index (κ1) is 21.2. The van der Waals surface area contributed by atoms with E-state index in [-0.39, 0.29) is 0 Å². The molecular formula is C28H21Cl2Zr-. The Labute approximate surface area is 202 Å². The molecule has 0 aromatic heterocycles. The summed E-state index contributed by atoms with van der Waals surface area (Å²) in [6, 6.07) is 35.6. The number of halogens is 2. The molecule has 0 saturated carbocycles. The maximum atomic E-state index is 4.93. The Bertz CT molecular complexity index is 1030. The first-order chi connectivity index (χ1) is 15.3. The molecule has 0 bridgehead atoms. The van der Waals surface area contributed by atoms with E-state index < -0.39 is 20.8 Å². The number of hydrogen-bond acceptors (Lipinski definition) is 0. The van der Waals surface area contributed by atoms with Gasteiger partial charge in [0.25, 0.3) is 0 Å². The van der Waals surface area contributed by atoms with Crippen molar-refractivity contribution < 1.29 is 20.8 Å². The van der Waals surface area contributed by atoms with Gasteiger partial charge in [-0.25, -0.2) is 0 Å². The van der Waals surface area contributed by atoms with Crippen LogP contribution in [0.5, 0.6) is 0 Å². The Kier molecular flexibility index (Phi) is 6.47. The van der Waals surface area contributed by atoms with E-state index in [4.69, 9.17) is 17.0 Å². The fourth-order valence-electron chi connectivity index (χ4n) is 5.23. The zero-order valence-corrected chi connectivity index (χ0v) is 20.9. The zero-order valence-electron chi connectivity index (χ0n) is 16.9. The minimum atomic E-state index is -0.826. The van der Waals surface area contributed by atoms with E-state index in [0.29, 0.717) is 11.8 Å². The second-order valence-corrected chi connectivity index (χ2v) is 11.7. The van der Waals surface area contributed by atoms with Crippen LogP contribution in [0, 0.1) is 6.42 Å². The topological polar surface area (TPSA) is 0 Å². The van der Waals surface area contributed by atoms with Crippen molar-refractivity contribution in [2.24, 2.45) is 0 Å². The molecule has 0 atom stereocenters. The van der Waals surface area contributed by atoms with Crippen molar-refractivity contribution in [3.05, 3.63) is 126 Å². The summed E-state index contributed by atoms with van der Waals surface area (Å²) in [6.45, 7) is 0. The third kappa shape index (κ3) is 3.86. The van der Waals surface area contributed by atoms with E-state index >= 15 is 0 Å². The summed E-state index contributed by atoms with van der Waals surface area (Å²) >= 11 is -0.826. The van der Waals surface area contributed by atoms with Crippen LogP contribution in [0.2, 0.25) is 0 Å². The van der Waals surface area contributed by atoms with Gasteiger partial charge >= 0.3 is 37.9 Å².